The molecule has 0 radical (unpaired) electrons. The Morgan fingerprint density at radius 1 is 0.938 bits per heavy atom. The normalized spacial score (nSPS) is 11.8. The predicted octanol–water partition coefficient (Wildman–Crippen LogP) is 5.00. The fraction of sp³-hybridized carbons (Fsp3) is 0.240. The van der Waals surface area contributed by atoms with E-state index in [-0.39, 0.29) is 10.8 Å². The van der Waals surface area contributed by atoms with Gasteiger partial charge in [0.2, 0.25) is 10.0 Å². The van der Waals surface area contributed by atoms with Gasteiger partial charge in [-0.1, -0.05) is 30.3 Å². The molecular weight excluding hydrogens is 424 g/mol. The van der Waals surface area contributed by atoms with Crippen molar-refractivity contribution in [3.8, 4) is 16.9 Å². The molecule has 3 rings (SSSR count). The fourth-order valence-electron chi connectivity index (χ4n) is 3.32. The number of carbonyl (C=O) groups excluding carboxylic acids is 1. The van der Waals surface area contributed by atoms with E-state index < -0.39 is 15.6 Å². The van der Waals surface area contributed by atoms with E-state index in [2.05, 4.69) is 10.0 Å². The molecule has 6 nitrogen and oxygen atoms in total. The molecule has 0 atom stereocenters. The van der Waals surface area contributed by atoms with Gasteiger partial charge >= 0.3 is 0 Å². The molecular formula is C25H28N2O4S. The van der Waals surface area contributed by atoms with Gasteiger partial charge in [-0.15, -0.1) is 0 Å². The number of carbonyl (C=O) groups is 1. The molecule has 0 heterocycles. The van der Waals surface area contributed by atoms with Gasteiger partial charge in [0.25, 0.3) is 5.91 Å². The maximum Gasteiger partial charge on any atom is 0.255 e. The van der Waals surface area contributed by atoms with Crippen molar-refractivity contribution in [3.05, 3.63) is 77.9 Å². The SMILES string of the molecule is COc1ccc(NC(=O)c2cccc(-c3ccccc3S(=O)(=O)NC(C)(C)C)c2)c(C)c1. The molecule has 2 N–H and O–H groups in total. The Bertz CT molecular complexity index is 1240. The van der Waals surface area contributed by atoms with Crippen molar-refractivity contribution in [3.63, 3.8) is 0 Å². The number of benzene rings is 3. The van der Waals surface area contributed by atoms with Gasteiger partial charge in [-0.3, -0.25) is 4.79 Å². The molecule has 3 aromatic rings. The monoisotopic (exact) mass is 452 g/mol. The zero-order chi connectivity index (χ0) is 23.5. The third kappa shape index (κ3) is 5.55. The lowest BCUT2D eigenvalue weighted by Gasteiger charge is -2.21. The zero-order valence-corrected chi connectivity index (χ0v) is 19.7. The van der Waals surface area contributed by atoms with Crippen LogP contribution in [-0.4, -0.2) is 27.0 Å². The summed E-state index contributed by atoms with van der Waals surface area (Å²) in [5, 5.41) is 2.91. The number of hydrogen-bond acceptors (Lipinski definition) is 4. The number of sulfonamides is 1. The average Bonchev–Trinajstić information content (AvgIpc) is 2.73. The van der Waals surface area contributed by atoms with Crippen molar-refractivity contribution in [1.82, 2.24) is 4.72 Å². The van der Waals surface area contributed by atoms with E-state index in [1.54, 1.807) is 88.5 Å². The standard InChI is InChI=1S/C25H28N2O4S/c1-17-15-20(31-5)13-14-22(17)26-24(28)19-10-8-9-18(16-19)21-11-6-7-12-23(21)32(29,30)27-25(2,3)4/h6-16,27H,1-5H3,(H,26,28). The second-order valence-electron chi connectivity index (χ2n) is 8.57. The molecule has 0 aliphatic heterocycles. The summed E-state index contributed by atoms with van der Waals surface area (Å²) in [5.41, 5.74) is 2.52. The predicted molar refractivity (Wildman–Crippen MR) is 128 cm³/mol. The van der Waals surface area contributed by atoms with E-state index in [1.807, 2.05) is 13.0 Å². The second kappa shape index (κ2) is 9.14. The van der Waals surface area contributed by atoms with Crippen molar-refractivity contribution in [1.29, 1.82) is 0 Å². The van der Waals surface area contributed by atoms with Crippen LogP contribution in [0.5, 0.6) is 5.75 Å². The van der Waals surface area contributed by atoms with Gasteiger partial charge in [0, 0.05) is 22.4 Å². The van der Waals surface area contributed by atoms with Gasteiger partial charge < -0.3 is 10.1 Å². The number of ether oxygens (including phenoxy) is 1. The highest BCUT2D eigenvalue weighted by Gasteiger charge is 2.25. The Labute approximate surface area is 189 Å². The van der Waals surface area contributed by atoms with Crippen molar-refractivity contribution in [2.24, 2.45) is 0 Å². The van der Waals surface area contributed by atoms with Gasteiger partial charge in [0.15, 0.2) is 0 Å². The van der Waals surface area contributed by atoms with Crippen LogP contribution in [0.4, 0.5) is 5.69 Å². The van der Waals surface area contributed by atoms with Gasteiger partial charge in [-0.05, 0) is 75.2 Å². The molecule has 0 spiro atoms. The van der Waals surface area contributed by atoms with Gasteiger partial charge in [-0.25, -0.2) is 13.1 Å². The highest BCUT2D eigenvalue weighted by atomic mass is 32.2. The van der Waals surface area contributed by atoms with Crippen LogP contribution in [0.25, 0.3) is 11.1 Å². The third-order valence-corrected chi connectivity index (χ3v) is 6.55. The highest BCUT2D eigenvalue weighted by Crippen LogP contribution is 2.29. The molecule has 0 saturated carbocycles. The minimum absolute atomic E-state index is 0.165. The van der Waals surface area contributed by atoms with E-state index in [0.717, 1.165) is 5.56 Å². The first-order valence-electron chi connectivity index (χ1n) is 10.2. The number of rotatable bonds is 6. The number of aryl methyl sites for hydroxylation is 1. The Morgan fingerprint density at radius 2 is 1.66 bits per heavy atom. The molecule has 0 aliphatic carbocycles. The lowest BCUT2D eigenvalue weighted by atomic mass is 10.0. The summed E-state index contributed by atoms with van der Waals surface area (Å²) in [7, 11) is -2.16. The molecule has 0 unspecified atom stereocenters. The van der Waals surface area contributed by atoms with Crippen LogP contribution in [0.1, 0.15) is 36.7 Å². The first-order chi connectivity index (χ1) is 15.0. The van der Waals surface area contributed by atoms with Crippen molar-refractivity contribution >= 4 is 21.6 Å². The second-order valence-corrected chi connectivity index (χ2v) is 10.2. The highest BCUT2D eigenvalue weighted by molar-refractivity contribution is 7.89. The summed E-state index contributed by atoms with van der Waals surface area (Å²) in [4.78, 5) is 13.1. The van der Waals surface area contributed by atoms with Gasteiger partial charge in [0.1, 0.15) is 5.75 Å². The molecule has 0 bridgehead atoms. The average molecular weight is 453 g/mol. The van der Waals surface area contributed by atoms with E-state index in [0.29, 0.717) is 28.1 Å². The maximum absolute atomic E-state index is 13.0. The summed E-state index contributed by atoms with van der Waals surface area (Å²) in [5.74, 6) is 0.428. The van der Waals surface area contributed by atoms with E-state index in [1.165, 1.54) is 0 Å². The Balaban J connectivity index is 1.94. The molecule has 0 fully saturated rings. The molecule has 32 heavy (non-hydrogen) atoms. The third-order valence-electron chi connectivity index (χ3n) is 4.73. The Hall–Kier alpha value is -3.16. The fourth-order valence-corrected chi connectivity index (χ4v) is 4.97. The van der Waals surface area contributed by atoms with Crippen LogP contribution in [0.2, 0.25) is 0 Å². The van der Waals surface area contributed by atoms with Crippen LogP contribution in [0, 0.1) is 6.92 Å². The summed E-state index contributed by atoms with van der Waals surface area (Å²) in [6.45, 7) is 7.26. The number of methoxy groups -OCH3 is 1. The van der Waals surface area contributed by atoms with E-state index in [4.69, 9.17) is 4.74 Å². The summed E-state index contributed by atoms with van der Waals surface area (Å²) in [6.07, 6.45) is 0. The van der Waals surface area contributed by atoms with Gasteiger partial charge in [-0.2, -0.15) is 0 Å². The van der Waals surface area contributed by atoms with Gasteiger partial charge in [0.05, 0.1) is 12.0 Å². The molecule has 1 amide bonds. The lowest BCUT2D eigenvalue weighted by Crippen LogP contribution is -2.40. The number of anilines is 1. The number of hydrogen-bond donors (Lipinski definition) is 2. The number of amides is 1. The molecule has 3 aromatic carbocycles. The Kier molecular flexibility index (Phi) is 6.71. The largest absolute Gasteiger partial charge is 0.497 e. The molecule has 7 heteroatoms. The molecule has 0 aliphatic rings. The molecule has 168 valence electrons. The summed E-state index contributed by atoms with van der Waals surface area (Å²) < 4.78 is 33.9. The van der Waals surface area contributed by atoms with Crippen LogP contribution < -0.4 is 14.8 Å². The van der Waals surface area contributed by atoms with Crippen molar-refractivity contribution < 1.29 is 17.9 Å². The Morgan fingerprint density at radius 3 is 2.31 bits per heavy atom. The van der Waals surface area contributed by atoms with Crippen molar-refractivity contribution in [2.45, 2.75) is 38.1 Å². The lowest BCUT2D eigenvalue weighted by molar-refractivity contribution is 0.102. The smallest absolute Gasteiger partial charge is 0.255 e. The van der Waals surface area contributed by atoms with Crippen LogP contribution in [0.15, 0.2) is 71.6 Å². The number of nitrogens with one attached hydrogen (secondary N) is 2. The quantitative estimate of drug-likeness (QED) is 0.551. The zero-order valence-electron chi connectivity index (χ0n) is 18.9. The summed E-state index contributed by atoms with van der Waals surface area (Å²) >= 11 is 0. The molecule has 0 saturated heterocycles. The minimum atomic E-state index is -3.75. The topological polar surface area (TPSA) is 84.5 Å². The van der Waals surface area contributed by atoms with E-state index >= 15 is 0 Å². The molecule has 0 aromatic heterocycles. The van der Waals surface area contributed by atoms with Crippen LogP contribution in [-0.2, 0) is 10.0 Å². The van der Waals surface area contributed by atoms with Crippen molar-refractivity contribution in [2.75, 3.05) is 12.4 Å². The summed E-state index contributed by atoms with van der Waals surface area (Å²) in [6, 6.07) is 19.1. The minimum Gasteiger partial charge on any atom is -0.497 e. The van der Waals surface area contributed by atoms with Crippen LogP contribution in [0.3, 0.4) is 0 Å². The first-order valence-corrected chi connectivity index (χ1v) is 11.7. The first kappa shape index (κ1) is 23.5. The van der Waals surface area contributed by atoms with E-state index in [9.17, 15) is 13.2 Å². The maximum atomic E-state index is 13.0. The van der Waals surface area contributed by atoms with Crippen LogP contribution >= 0.6 is 0 Å².